The first-order valence-electron chi connectivity index (χ1n) is 6.34. The maximum atomic E-state index is 12.3. The highest BCUT2D eigenvalue weighted by molar-refractivity contribution is 8.02. The Balaban J connectivity index is 2.12. The maximum absolute atomic E-state index is 12.3. The molecule has 0 heterocycles. The van der Waals surface area contributed by atoms with Crippen molar-refractivity contribution in [3.8, 4) is 0 Å². The minimum absolute atomic E-state index is 0.145. The zero-order valence-electron chi connectivity index (χ0n) is 11.6. The number of rotatable bonds is 6. The summed E-state index contributed by atoms with van der Waals surface area (Å²) in [6, 6.07) is 18.1. The van der Waals surface area contributed by atoms with Crippen LogP contribution in [-0.4, -0.2) is 21.3 Å². The van der Waals surface area contributed by atoms with Gasteiger partial charge >= 0.3 is 0 Å². The van der Waals surface area contributed by atoms with Crippen LogP contribution in [0.3, 0.4) is 0 Å². The van der Waals surface area contributed by atoms with Gasteiger partial charge in [0.1, 0.15) is 11.5 Å². The van der Waals surface area contributed by atoms with Gasteiger partial charge < -0.3 is 4.74 Å². The normalized spacial score (nSPS) is 12.1. The van der Waals surface area contributed by atoms with Gasteiger partial charge in [0.05, 0.1) is 12.0 Å². The van der Waals surface area contributed by atoms with Crippen molar-refractivity contribution < 1.29 is 13.2 Å². The third kappa shape index (κ3) is 4.65. The summed E-state index contributed by atoms with van der Waals surface area (Å²) in [4.78, 5) is 1.34. The molecule has 0 aliphatic carbocycles. The van der Waals surface area contributed by atoms with E-state index in [2.05, 4.69) is 0 Å². The average molecular weight is 320 g/mol. The van der Waals surface area contributed by atoms with E-state index < -0.39 is 9.84 Å². The average Bonchev–Trinajstić information content (AvgIpc) is 2.53. The van der Waals surface area contributed by atoms with Crippen molar-refractivity contribution in [3.05, 3.63) is 71.8 Å². The zero-order chi connectivity index (χ0) is 15.1. The Hall–Kier alpha value is -1.72. The van der Waals surface area contributed by atoms with Crippen LogP contribution >= 0.6 is 11.8 Å². The van der Waals surface area contributed by atoms with Crippen molar-refractivity contribution in [1.29, 1.82) is 0 Å². The lowest BCUT2D eigenvalue weighted by molar-refractivity contribution is 0.295. The van der Waals surface area contributed by atoms with Gasteiger partial charge in [-0.05, 0) is 24.3 Å². The Bertz CT molecular complexity index is 693. The number of benzene rings is 2. The van der Waals surface area contributed by atoms with Gasteiger partial charge in [0.15, 0.2) is 9.84 Å². The molecule has 0 bridgehead atoms. The number of hydrogen-bond acceptors (Lipinski definition) is 4. The van der Waals surface area contributed by atoms with Gasteiger partial charge in [0.2, 0.25) is 0 Å². The highest BCUT2D eigenvalue weighted by Crippen LogP contribution is 2.22. The summed E-state index contributed by atoms with van der Waals surface area (Å²) in [5, 5.41) is 1.73. The Kier molecular flexibility index (Phi) is 5.47. The Morgan fingerprint density at radius 3 is 2.19 bits per heavy atom. The molecule has 0 aromatic heterocycles. The highest BCUT2D eigenvalue weighted by Gasteiger charge is 2.16. The largest absolute Gasteiger partial charge is 0.499 e. The molecule has 0 unspecified atom stereocenters. The first-order chi connectivity index (χ1) is 10.1. The van der Waals surface area contributed by atoms with E-state index in [1.807, 2.05) is 30.3 Å². The van der Waals surface area contributed by atoms with E-state index >= 15 is 0 Å². The van der Waals surface area contributed by atoms with Crippen molar-refractivity contribution in [2.75, 3.05) is 12.9 Å². The Labute approximate surface area is 129 Å². The van der Waals surface area contributed by atoms with Crippen molar-refractivity contribution in [2.45, 2.75) is 9.79 Å². The van der Waals surface area contributed by atoms with Crippen molar-refractivity contribution in [2.24, 2.45) is 0 Å². The Morgan fingerprint density at radius 1 is 1.05 bits per heavy atom. The van der Waals surface area contributed by atoms with Gasteiger partial charge in [-0.1, -0.05) is 48.2 Å². The molecule has 5 heteroatoms. The maximum Gasteiger partial charge on any atom is 0.185 e. The summed E-state index contributed by atoms with van der Waals surface area (Å²) in [6.45, 7) is 0. The molecular formula is C16H16O3S2. The van der Waals surface area contributed by atoms with E-state index in [-0.39, 0.29) is 5.75 Å². The number of thioether (sulfide) groups is 1. The first kappa shape index (κ1) is 15.7. The standard InChI is InChI=1S/C16H16O3S2/c1-19-14(12-20-15-8-4-2-5-9-15)13-21(17,18)16-10-6-3-7-11-16/h2-12H,13H2,1H3/b14-12+. The van der Waals surface area contributed by atoms with Crippen LogP contribution in [0.4, 0.5) is 0 Å². The molecule has 0 aliphatic heterocycles. The number of hydrogen-bond donors (Lipinski definition) is 0. The van der Waals surface area contributed by atoms with Crippen LogP contribution in [0.1, 0.15) is 0 Å². The van der Waals surface area contributed by atoms with Gasteiger partial charge in [-0.15, -0.1) is 0 Å². The smallest absolute Gasteiger partial charge is 0.185 e. The summed E-state index contributed by atoms with van der Waals surface area (Å²) in [5.74, 6) is 0.278. The van der Waals surface area contributed by atoms with E-state index in [9.17, 15) is 8.42 Å². The fourth-order valence-electron chi connectivity index (χ4n) is 1.67. The molecule has 0 N–H and O–H groups in total. The van der Waals surface area contributed by atoms with Gasteiger partial charge in [0, 0.05) is 10.3 Å². The topological polar surface area (TPSA) is 43.4 Å². The molecule has 0 fully saturated rings. The lowest BCUT2D eigenvalue weighted by Gasteiger charge is -2.08. The molecule has 0 amide bonds. The molecule has 2 aromatic carbocycles. The lowest BCUT2D eigenvalue weighted by atomic mass is 10.4. The fraction of sp³-hybridized carbons (Fsp3) is 0.125. The summed E-state index contributed by atoms with van der Waals surface area (Å²) >= 11 is 1.44. The van der Waals surface area contributed by atoms with Crippen LogP contribution < -0.4 is 0 Å². The van der Waals surface area contributed by atoms with Crippen LogP contribution in [-0.2, 0) is 14.6 Å². The molecule has 0 spiro atoms. The van der Waals surface area contributed by atoms with Gasteiger partial charge in [0.25, 0.3) is 0 Å². The molecule has 0 atom stereocenters. The van der Waals surface area contributed by atoms with E-state index in [4.69, 9.17) is 4.74 Å². The minimum Gasteiger partial charge on any atom is -0.499 e. The molecule has 0 saturated carbocycles. The van der Waals surface area contributed by atoms with Crippen LogP contribution in [0.5, 0.6) is 0 Å². The summed E-state index contributed by atoms with van der Waals surface area (Å²) in [5.41, 5.74) is 0. The predicted octanol–water partition coefficient (Wildman–Crippen LogP) is 3.74. The number of methoxy groups -OCH3 is 1. The Morgan fingerprint density at radius 2 is 1.62 bits per heavy atom. The summed E-state index contributed by atoms with van der Waals surface area (Å²) in [6.07, 6.45) is 0. The van der Waals surface area contributed by atoms with Crippen LogP contribution in [0.15, 0.2) is 81.6 Å². The van der Waals surface area contributed by atoms with Crippen molar-refractivity contribution >= 4 is 21.6 Å². The second kappa shape index (κ2) is 7.33. The molecule has 0 radical (unpaired) electrons. The minimum atomic E-state index is -3.38. The number of sulfone groups is 1. The van der Waals surface area contributed by atoms with Gasteiger partial charge in [-0.25, -0.2) is 8.42 Å². The molecule has 0 aliphatic rings. The second-order valence-electron chi connectivity index (χ2n) is 4.29. The molecule has 2 aromatic rings. The third-order valence-electron chi connectivity index (χ3n) is 2.77. The summed E-state index contributed by atoms with van der Waals surface area (Å²) < 4.78 is 29.8. The second-order valence-corrected chi connectivity index (χ2v) is 7.22. The monoisotopic (exact) mass is 320 g/mol. The van der Waals surface area contributed by atoms with E-state index in [1.54, 1.807) is 35.7 Å². The number of ether oxygens (including phenoxy) is 1. The molecule has 21 heavy (non-hydrogen) atoms. The molecule has 3 nitrogen and oxygen atoms in total. The van der Waals surface area contributed by atoms with Crippen LogP contribution in [0, 0.1) is 0 Å². The predicted molar refractivity (Wildman–Crippen MR) is 85.9 cm³/mol. The lowest BCUT2D eigenvalue weighted by Crippen LogP contribution is -2.10. The van der Waals surface area contributed by atoms with E-state index in [0.29, 0.717) is 10.7 Å². The van der Waals surface area contributed by atoms with E-state index in [1.165, 1.54) is 18.9 Å². The van der Waals surface area contributed by atoms with Crippen molar-refractivity contribution in [3.63, 3.8) is 0 Å². The fourth-order valence-corrected chi connectivity index (χ4v) is 3.85. The summed E-state index contributed by atoms with van der Waals surface area (Å²) in [7, 11) is -1.90. The third-order valence-corrected chi connectivity index (χ3v) is 5.35. The zero-order valence-corrected chi connectivity index (χ0v) is 13.2. The molecule has 110 valence electrons. The first-order valence-corrected chi connectivity index (χ1v) is 8.87. The molecule has 2 rings (SSSR count). The molecular weight excluding hydrogens is 304 g/mol. The highest BCUT2D eigenvalue weighted by atomic mass is 32.2. The van der Waals surface area contributed by atoms with E-state index in [0.717, 1.165) is 4.90 Å². The molecule has 0 saturated heterocycles. The van der Waals surface area contributed by atoms with Gasteiger partial charge in [-0.2, -0.15) is 0 Å². The quantitative estimate of drug-likeness (QED) is 0.601. The van der Waals surface area contributed by atoms with Crippen molar-refractivity contribution in [1.82, 2.24) is 0 Å². The van der Waals surface area contributed by atoms with Crippen LogP contribution in [0.2, 0.25) is 0 Å². The van der Waals surface area contributed by atoms with Gasteiger partial charge in [-0.3, -0.25) is 0 Å². The SMILES string of the molecule is CO/C(=C/Sc1ccccc1)CS(=O)(=O)c1ccccc1. The van der Waals surface area contributed by atoms with Crippen LogP contribution in [0.25, 0.3) is 0 Å².